The van der Waals surface area contributed by atoms with Gasteiger partial charge >= 0.3 is 0 Å². The van der Waals surface area contributed by atoms with Gasteiger partial charge in [-0.1, -0.05) is 24.6 Å². The Balaban J connectivity index is 0.00000338. The molecule has 1 saturated carbocycles. The third-order valence-electron chi connectivity index (χ3n) is 4.86. The molecule has 4 nitrogen and oxygen atoms in total. The molecule has 1 aliphatic rings. The van der Waals surface area contributed by atoms with Crippen molar-refractivity contribution in [3.8, 4) is 0 Å². The molecule has 26 heavy (non-hydrogen) atoms. The van der Waals surface area contributed by atoms with Gasteiger partial charge in [0.1, 0.15) is 5.82 Å². The molecular formula is C19H31FIN3OS. The molecule has 0 atom stereocenters. The number of ether oxygens (including phenoxy) is 1. The van der Waals surface area contributed by atoms with Crippen molar-refractivity contribution in [1.29, 1.82) is 0 Å². The molecule has 0 unspecified atom stereocenters. The molecule has 1 fully saturated rings. The maximum Gasteiger partial charge on any atom is 0.191 e. The zero-order chi connectivity index (χ0) is 18.0. The summed E-state index contributed by atoms with van der Waals surface area (Å²) in [5, 5.41) is 6.79. The van der Waals surface area contributed by atoms with Crippen molar-refractivity contribution in [2.75, 3.05) is 39.6 Å². The molecule has 0 radical (unpaired) electrons. The zero-order valence-electron chi connectivity index (χ0n) is 15.7. The summed E-state index contributed by atoms with van der Waals surface area (Å²) in [6.07, 6.45) is 4.94. The van der Waals surface area contributed by atoms with E-state index in [0.717, 1.165) is 43.4 Å². The van der Waals surface area contributed by atoms with Crippen LogP contribution in [0.3, 0.4) is 0 Å². The second kappa shape index (κ2) is 12.8. The van der Waals surface area contributed by atoms with E-state index < -0.39 is 0 Å². The third kappa shape index (κ3) is 7.60. The minimum Gasteiger partial charge on any atom is -0.385 e. The molecule has 7 heteroatoms. The van der Waals surface area contributed by atoms with E-state index in [1.807, 2.05) is 12.1 Å². The first-order valence-electron chi connectivity index (χ1n) is 8.94. The first-order valence-corrected chi connectivity index (χ1v) is 10.1. The predicted octanol–water partition coefficient (Wildman–Crippen LogP) is 4.05. The van der Waals surface area contributed by atoms with Gasteiger partial charge in [0.05, 0.1) is 0 Å². The highest BCUT2D eigenvalue weighted by molar-refractivity contribution is 14.0. The average Bonchev–Trinajstić information content (AvgIpc) is 2.59. The first-order chi connectivity index (χ1) is 12.2. The number of methoxy groups -OCH3 is 1. The number of aliphatic imine (C=N–C) groups is 1. The second-order valence-corrected chi connectivity index (χ2v) is 7.70. The van der Waals surface area contributed by atoms with Crippen LogP contribution in [-0.4, -0.2) is 45.6 Å². The largest absolute Gasteiger partial charge is 0.385 e. The lowest BCUT2D eigenvalue weighted by Crippen LogP contribution is -2.47. The molecule has 0 saturated heterocycles. The van der Waals surface area contributed by atoms with Crippen molar-refractivity contribution in [2.24, 2.45) is 10.4 Å². The number of nitrogens with zero attached hydrogens (tertiary/aromatic N) is 1. The monoisotopic (exact) mass is 495 g/mol. The Labute approximate surface area is 178 Å². The second-order valence-electron chi connectivity index (χ2n) is 6.59. The number of hydrogen-bond donors (Lipinski definition) is 2. The molecule has 1 aliphatic carbocycles. The maximum absolute atomic E-state index is 13.6. The van der Waals surface area contributed by atoms with Crippen LogP contribution in [0.25, 0.3) is 0 Å². The quantitative estimate of drug-likeness (QED) is 0.223. The van der Waals surface area contributed by atoms with Gasteiger partial charge < -0.3 is 15.4 Å². The molecule has 2 rings (SSSR count). The molecule has 1 aromatic carbocycles. The highest BCUT2D eigenvalue weighted by Crippen LogP contribution is 2.43. The number of hydrogen-bond acceptors (Lipinski definition) is 3. The molecule has 0 heterocycles. The molecule has 0 amide bonds. The molecule has 0 aliphatic heterocycles. The Morgan fingerprint density at radius 2 is 2.08 bits per heavy atom. The van der Waals surface area contributed by atoms with E-state index in [1.54, 1.807) is 32.0 Å². The van der Waals surface area contributed by atoms with Gasteiger partial charge in [0, 0.05) is 45.4 Å². The van der Waals surface area contributed by atoms with Crippen LogP contribution in [0.5, 0.6) is 0 Å². The predicted molar refractivity (Wildman–Crippen MR) is 120 cm³/mol. The highest BCUT2D eigenvalue weighted by Gasteiger charge is 2.36. The molecule has 2 N–H and O–H groups in total. The number of thioether (sulfide) groups is 1. The molecule has 0 bridgehead atoms. The summed E-state index contributed by atoms with van der Waals surface area (Å²) in [7, 11) is 3.56. The van der Waals surface area contributed by atoms with Crippen molar-refractivity contribution in [2.45, 2.75) is 31.4 Å². The van der Waals surface area contributed by atoms with Crippen molar-refractivity contribution in [1.82, 2.24) is 10.6 Å². The molecule has 148 valence electrons. The van der Waals surface area contributed by atoms with Crippen molar-refractivity contribution in [3.05, 3.63) is 35.6 Å². The highest BCUT2D eigenvalue weighted by atomic mass is 127. The van der Waals surface area contributed by atoms with E-state index in [4.69, 9.17) is 4.74 Å². The Morgan fingerprint density at radius 1 is 1.31 bits per heavy atom. The van der Waals surface area contributed by atoms with Crippen LogP contribution in [0.2, 0.25) is 0 Å². The van der Waals surface area contributed by atoms with Crippen LogP contribution in [0.4, 0.5) is 4.39 Å². The molecular weight excluding hydrogens is 464 g/mol. The lowest BCUT2D eigenvalue weighted by Gasteiger charge is -2.42. The van der Waals surface area contributed by atoms with Gasteiger partial charge in [0.25, 0.3) is 0 Å². The minimum atomic E-state index is -0.123. The lowest BCUT2D eigenvalue weighted by atomic mass is 9.67. The van der Waals surface area contributed by atoms with Crippen LogP contribution in [0, 0.1) is 11.2 Å². The maximum atomic E-state index is 13.6. The summed E-state index contributed by atoms with van der Waals surface area (Å²) in [4.78, 5) is 4.29. The fourth-order valence-electron chi connectivity index (χ4n) is 3.04. The minimum absolute atomic E-state index is 0. The Hall–Kier alpha value is -0.540. The average molecular weight is 495 g/mol. The number of benzene rings is 1. The molecule has 0 spiro atoms. The first kappa shape index (κ1) is 23.5. The number of guanidine groups is 1. The fourth-order valence-corrected chi connectivity index (χ4v) is 3.89. The van der Waals surface area contributed by atoms with E-state index in [0.29, 0.717) is 11.2 Å². The van der Waals surface area contributed by atoms with Crippen LogP contribution in [0.1, 0.15) is 31.2 Å². The van der Waals surface area contributed by atoms with Gasteiger partial charge in [-0.2, -0.15) is 11.8 Å². The Bertz CT molecular complexity index is 555. The lowest BCUT2D eigenvalue weighted by molar-refractivity contribution is 0.0733. The third-order valence-corrected chi connectivity index (χ3v) is 5.87. The van der Waals surface area contributed by atoms with E-state index in [-0.39, 0.29) is 29.8 Å². The topological polar surface area (TPSA) is 45.7 Å². The van der Waals surface area contributed by atoms with Crippen LogP contribution in [-0.2, 0) is 10.5 Å². The SMILES string of the molecule is CN=C(NCCSCc1ccccc1F)NCC1(CCOC)CCC1.I. The van der Waals surface area contributed by atoms with Gasteiger partial charge in [-0.3, -0.25) is 4.99 Å². The fraction of sp³-hybridized carbons (Fsp3) is 0.632. The Kier molecular flexibility index (Phi) is 11.5. The molecule has 0 aromatic heterocycles. The van der Waals surface area contributed by atoms with Crippen LogP contribution < -0.4 is 10.6 Å². The van der Waals surface area contributed by atoms with Gasteiger partial charge in [-0.25, -0.2) is 4.39 Å². The van der Waals surface area contributed by atoms with Crippen LogP contribution in [0.15, 0.2) is 29.3 Å². The summed E-state index contributed by atoms with van der Waals surface area (Å²) >= 11 is 1.72. The van der Waals surface area contributed by atoms with Crippen LogP contribution >= 0.6 is 35.7 Å². The van der Waals surface area contributed by atoms with Gasteiger partial charge in [0.2, 0.25) is 0 Å². The normalized spacial score (nSPS) is 15.7. The van der Waals surface area contributed by atoms with E-state index in [9.17, 15) is 4.39 Å². The number of nitrogens with one attached hydrogen (secondary N) is 2. The van der Waals surface area contributed by atoms with Gasteiger partial charge in [0.15, 0.2) is 5.96 Å². The van der Waals surface area contributed by atoms with E-state index in [2.05, 4.69) is 15.6 Å². The smallest absolute Gasteiger partial charge is 0.191 e. The summed E-state index contributed by atoms with van der Waals surface area (Å²) in [5.41, 5.74) is 1.13. The standard InChI is InChI=1S/C19H30FN3OS.HI/c1-21-18(23-15-19(8-5-9-19)10-12-24-2)22-11-13-25-14-16-6-3-4-7-17(16)20;/h3-4,6-7H,5,8-15H2,1-2H3,(H2,21,22,23);1H. The summed E-state index contributed by atoms with van der Waals surface area (Å²) in [5.74, 6) is 2.32. The van der Waals surface area contributed by atoms with Crippen molar-refractivity contribution in [3.63, 3.8) is 0 Å². The summed E-state index contributed by atoms with van der Waals surface area (Å²) < 4.78 is 18.8. The van der Waals surface area contributed by atoms with Crippen molar-refractivity contribution < 1.29 is 9.13 Å². The van der Waals surface area contributed by atoms with Crippen molar-refractivity contribution >= 4 is 41.7 Å². The van der Waals surface area contributed by atoms with E-state index >= 15 is 0 Å². The van der Waals surface area contributed by atoms with Gasteiger partial charge in [-0.15, -0.1) is 24.0 Å². The number of rotatable bonds is 10. The van der Waals surface area contributed by atoms with E-state index in [1.165, 1.54) is 25.3 Å². The molecule has 1 aromatic rings. The summed E-state index contributed by atoms with van der Waals surface area (Å²) in [6.45, 7) is 2.57. The van der Waals surface area contributed by atoms with Gasteiger partial charge in [-0.05, 0) is 36.3 Å². The number of halogens is 2. The zero-order valence-corrected chi connectivity index (χ0v) is 18.9. The Morgan fingerprint density at radius 3 is 2.69 bits per heavy atom. The summed E-state index contributed by atoms with van der Waals surface area (Å²) in [6, 6.07) is 6.96.